The van der Waals surface area contributed by atoms with Crippen molar-refractivity contribution in [1.82, 2.24) is 16.0 Å². The molecule has 0 atom stereocenters. The van der Waals surface area contributed by atoms with Gasteiger partial charge in [-0.2, -0.15) is 0 Å². The summed E-state index contributed by atoms with van der Waals surface area (Å²) in [6, 6.07) is -0.617. The first kappa shape index (κ1) is 16.3. The zero-order chi connectivity index (χ0) is 15.2. The Morgan fingerprint density at radius 1 is 1.15 bits per heavy atom. The van der Waals surface area contributed by atoms with E-state index in [9.17, 15) is 19.5 Å². The lowest BCUT2D eigenvalue weighted by Gasteiger charge is -2.25. The Labute approximate surface area is 118 Å². The molecule has 1 aliphatic rings. The summed E-state index contributed by atoms with van der Waals surface area (Å²) in [6.07, 6.45) is 2.41. The molecule has 0 bridgehead atoms. The second-order valence-corrected chi connectivity index (χ2v) is 5.60. The molecule has 1 fully saturated rings. The molecule has 4 N–H and O–H groups in total. The smallest absolute Gasteiger partial charge is 0.329 e. The van der Waals surface area contributed by atoms with Crippen LogP contribution in [0.1, 0.15) is 39.5 Å². The number of carbonyl (C=O) groups excluding carboxylic acids is 2. The van der Waals surface area contributed by atoms with E-state index in [4.69, 9.17) is 0 Å². The summed E-state index contributed by atoms with van der Waals surface area (Å²) < 4.78 is 0. The maximum atomic E-state index is 11.7. The second-order valence-electron chi connectivity index (χ2n) is 5.60. The Kier molecular flexibility index (Phi) is 5.79. The topological polar surface area (TPSA) is 108 Å². The standard InChI is InChI=1S/C13H23N3O4/c1-9(2)7-14-10(17)8-15-12(20)16-13(11(18)19)5-3-4-6-13/h9H,3-8H2,1-2H3,(H,14,17)(H,18,19)(H2,15,16,20). The minimum Gasteiger partial charge on any atom is -0.480 e. The molecule has 20 heavy (non-hydrogen) atoms. The molecule has 0 spiro atoms. The van der Waals surface area contributed by atoms with Crippen molar-refractivity contribution in [2.24, 2.45) is 5.92 Å². The monoisotopic (exact) mass is 285 g/mol. The van der Waals surface area contributed by atoms with Gasteiger partial charge in [-0.25, -0.2) is 9.59 Å². The summed E-state index contributed by atoms with van der Waals surface area (Å²) in [6.45, 7) is 4.32. The molecule has 114 valence electrons. The van der Waals surface area contributed by atoms with Crippen LogP contribution in [0.3, 0.4) is 0 Å². The van der Waals surface area contributed by atoms with Crippen LogP contribution in [0.4, 0.5) is 4.79 Å². The Morgan fingerprint density at radius 3 is 2.25 bits per heavy atom. The number of carboxylic acids is 1. The molecule has 1 saturated carbocycles. The molecule has 0 radical (unpaired) electrons. The van der Waals surface area contributed by atoms with Crippen LogP contribution in [0.5, 0.6) is 0 Å². The van der Waals surface area contributed by atoms with Crippen molar-refractivity contribution >= 4 is 17.9 Å². The fourth-order valence-corrected chi connectivity index (χ4v) is 2.17. The molecule has 0 heterocycles. The quantitative estimate of drug-likeness (QED) is 0.568. The average molecular weight is 285 g/mol. The fourth-order valence-electron chi connectivity index (χ4n) is 2.17. The summed E-state index contributed by atoms with van der Waals surface area (Å²) >= 11 is 0. The van der Waals surface area contributed by atoms with Gasteiger partial charge >= 0.3 is 12.0 Å². The number of urea groups is 1. The van der Waals surface area contributed by atoms with E-state index < -0.39 is 17.5 Å². The number of amides is 3. The molecule has 0 aromatic rings. The van der Waals surface area contributed by atoms with Gasteiger partial charge in [0.2, 0.25) is 5.91 Å². The number of carbonyl (C=O) groups is 3. The van der Waals surface area contributed by atoms with Gasteiger partial charge in [0, 0.05) is 6.54 Å². The Morgan fingerprint density at radius 2 is 1.75 bits per heavy atom. The first-order valence-corrected chi connectivity index (χ1v) is 6.92. The van der Waals surface area contributed by atoms with E-state index in [0.717, 1.165) is 12.8 Å². The summed E-state index contributed by atoms with van der Waals surface area (Å²) in [7, 11) is 0. The average Bonchev–Trinajstić information content (AvgIpc) is 2.83. The maximum absolute atomic E-state index is 11.7. The van der Waals surface area contributed by atoms with Crippen molar-refractivity contribution in [2.45, 2.75) is 45.1 Å². The largest absolute Gasteiger partial charge is 0.480 e. The van der Waals surface area contributed by atoms with Gasteiger partial charge < -0.3 is 21.1 Å². The Balaban J connectivity index is 2.36. The van der Waals surface area contributed by atoms with Gasteiger partial charge in [0.05, 0.1) is 6.54 Å². The fraction of sp³-hybridized carbons (Fsp3) is 0.769. The molecule has 1 aliphatic carbocycles. The lowest BCUT2D eigenvalue weighted by Crippen LogP contribution is -2.56. The van der Waals surface area contributed by atoms with E-state index in [2.05, 4.69) is 16.0 Å². The highest BCUT2D eigenvalue weighted by molar-refractivity contribution is 5.88. The van der Waals surface area contributed by atoms with E-state index in [0.29, 0.717) is 25.3 Å². The Hall–Kier alpha value is -1.79. The maximum Gasteiger partial charge on any atom is 0.329 e. The van der Waals surface area contributed by atoms with Gasteiger partial charge in [0.15, 0.2) is 0 Å². The van der Waals surface area contributed by atoms with E-state index in [1.165, 1.54) is 0 Å². The predicted octanol–water partition coefficient (Wildman–Crippen LogP) is 0.455. The van der Waals surface area contributed by atoms with Crippen LogP contribution in [0.15, 0.2) is 0 Å². The van der Waals surface area contributed by atoms with Crippen molar-refractivity contribution in [2.75, 3.05) is 13.1 Å². The van der Waals surface area contributed by atoms with E-state index in [-0.39, 0.29) is 12.5 Å². The number of nitrogens with one attached hydrogen (secondary N) is 3. The second kappa shape index (κ2) is 7.12. The predicted molar refractivity (Wildman–Crippen MR) is 73.2 cm³/mol. The molecular formula is C13H23N3O4. The molecule has 0 aliphatic heterocycles. The minimum absolute atomic E-state index is 0.158. The third-order valence-corrected chi connectivity index (χ3v) is 3.34. The normalized spacial score (nSPS) is 16.8. The van der Waals surface area contributed by atoms with Crippen molar-refractivity contribution in [3.63, 3.8) is 0 Å². The highest BCUT2D eigenvalue weighted by Gasteiger charge is 2.42. The zero-order valence-electron chi connectivity index (χ0n) is 12.0. The van der Waals surface area contributed by atoms with Crippen molar-refractivity contribution in [3.8, 4) is 0 Å². The van der Waals surface area contributed by atoms with Crippen LogP contribution in [-0.4, -0.2) is 41.6 Å². The van der Waals surface area contributed by atoms with Gasteiger partial charge in [-0.15, -0.1) is 0 Å². The number of hydrogen-bond donors (Lipinski definition) is 4. The SMILES string of the molecule is CC(C)CNC(=O)CNC(=O)NC1(C(=O)O)CCCC1. The van der Waals surface area contributed by atoms with Crippen LogP contribution in [0, 0.1) is 5.92 Å². The molecular weight excluding hydrogens is 262 g/mol. The van der Waals surface area contributed by atoms with Gasteiger partial charge in [-0.3, -0.25) is 4.79 Å². The van der Waals surface area contributed by atoms with E-state index in [1.54, 1.807) is 0 Å². The van der Waals surface area contributed by atoms with Crippen LogP contribution in [0.25, 0.3) is 0 Å². The number of rotatable bonds is 6. The van der Waals surface area contributed by atoms with Crippen molar-refractivity contribution in [3.05, 3.63) is 0 Å². The molecule has 0 unspecified atom stereocenters. The first-order chi connectivity index (χ1) is 9.35. The van der Waals surface area contributed by atoms with E-state index in [1.807, 2.05) is 13.8 Å². The molecule has 3 amide bonds. The van der Waals surface area contributed by atoms with Gasteiger partial charge in [-0.05, 0) is 18.8 Å². The minimum atomic E-state index is -1.18. The highest BCUT2D eigenvalue weighted by atomic mass is 16.4. The molecule has 0 aromatic heterocycles. The van der Waals surface area contributed by atoms with Crippen molar-refractivity contribution < 1.29 is 19.5 Å². The van der Waals surface area contributed by atoms with Crippen molar-refractivity contribution in [1.29, 1.82) is 0 Å². The van der Waals surface area contributed by atoms with E-state index >= 15 is 0 Å². The Bertz CT molecular complexity index is 376. The zero-order valence-corrected chi connectivity index (χ0v) is 12.0. The van der Waals surface area contributed by atoms with Gasteiger partial charge in [-0.1, -0.05) is 26.7 Å². The first-order valence-electron chi connectivity index (χ1n) is 6.92. The lowest BCUT2D eigenvalue weighted by atomic mass is 9.98. The summed E-state index contributed by atoms with van der Waals surface area (Å²) in [5.41, 5.74) is -1.18. The molecule has 7 heteroatoms. The summed E-state index contributed by atoms with van der Waals surface area (Å²) in [4.78, 5) is 34.4. The van der Waals surface area contributed by atoms with Crippen LogP contribution in [0.2, 0.25) is 0 Å². The number of hydrogen-bond acceptors (Lipinski definition) is 3. The van der Waals surface area contributed by atoms with Crippen LogP contribution in [-0.2, 0) is 9.59 Å². The van der Waals surface area contributed by atoms with Gasteiger partial charge in [0.25, 0.3) is 0 Å². The van der Waals surface area contributed by atoms with Gasteiger partial charge in [0.1, 0.15) is 5.54 Å². The highest BCUT2D eigenvalue weighted by Crippen LogP contribution is 2.29. The molecule has 0 saturated heterocycles. The summed E-state index contributed by atoms with van der Waals surface area (Å²) in [5, 5.41) is 16.7. The third-order valence-electron chi connectivity index (χ3n) is 3.34. The van der Waals surface area contributed by atoms with Crippen LogP contribution < -0.4 is 16.0 Å². The third kappa shape index (κ3) is 4.71. The van der Waals surface area contributed by atoms with Crippen LogP contribution >= 0.6 is 0 Å². The molecule has 7 nitrogen and oxygen atoms in total. The number of carboxylic acid groups (broad SMARTS) is 1. The number of aliphatic carboxylic acids is 1. The molecule has 0 aromatic carbocycles. The summed E-state index contributed by atoms with van der Waals surface area (Å²) in [5.74, 6) is -0.972. The molecule has 1 rings (SSSR count). The lowest BCUT2D eigenvalue weighted by molar-refractivity contribution is -0.144.